The van der Waals surface area contributed by atoms with Gasteiger partial charge in [-0.2, -0.15) is 0 Å². The van der Waals surface area contributed by atoms with E-state index in [-0.39, 0.29) is 11.3 Å². The van der Waals surface area contributed by atoms with Gasteiger partial charge in [-0.25, -0.2) is 0 Å². The van der Waals surface area contributed by atoms with E-state index < -0.39 is 11.1 Å². The van der Waals surface area contributed by atoms with E-state index in [2.05, 4.69) is 9.88 Å². The Hall–Kier alpha value is -1.96. The molecule has 1 aromatic carbocycles. The molecule has 2 heterocycles. The van der Waals surface area contributed by atoms with Crippen molar-refractivity contribution in [1.82, 2.24) is 9.88 Å². The zero-order valence-corrected chi connectivity index (χ0v) is 23.0. The lowest BCUT2D eigenvalue weighted by Gasteiger charge is -2.26. The minimum atomic E-state index is -2.30. The van der Waals surface area contributed by atoms with Gasteiger partial charge in [0.25, 0.3) is 5.91 Å². The molecule has 0 bridgehead atoms. The molecule has 1 aliphatic heterocycles. The van der Waals surface area contributed by atoms with E-state index in [1.165, 1.54) is 32.1 Å². The van der Waals surface area contributed by atoms with Gasteiger partial charge >= 0.3 is 0 Å². The summed E-state index contributed by atoms with van der Waals surface area (Å²) in [5, 5.41) is 3.18. The van der Waals surface area contributed by atoms with Crippen molar-refractivity contribution in [3.8, 4) is 11.3 Å². The second-order valence-electron chi connectivity index (χ2n) is 11.6. The summed E-state index contributed by atoms with van der Waals surface area (Å²) in [5.41, 5.74) is 4.10. The number of rotatable bonds is 7. The van der Waals surface area contributed by atoms with Crippen LogP contribution in [0.5, 0.6) is 0 Å². The fraction of sp³-hybridized carbons (Fsp3) is 0.621. The zero-order chi connectivity index (χ0) is 25.9. The molecule has 1 saturated carbocycles. The van der Waals surface area contributed by atoms with E-state index >= 15 is 0 Å². The molecule has 1 saturated heterocycles. The molecule has 2 aliphatic rings. The average molecular weight is 514 g/mol. The van der Waals surface area contributed by atoms with Crippen LogP contribution in [-0.2, 0) is 27.8 Å². The molecule has 36 heavy (non-hydrogen) atoms. The zero-order valence-electron chi connectivity index (χ0n) is 22.2. The van der Waals surface area contributed by atoms with Gasteiger partial charge in [-0.1, -0.05) is 46.1 Å². The van der Waals surface area contributed by atoms with E-state index in [9.17, 15) is 13.6 Å². The standard InChI is InChI=1S/C29H42N2O4S/c1-20-24(28(32)30-18-21-12-14-35-15-13-21)17-26(31(20)19-22-8-6-5-7-9-22)23-10-11-27(36(33)34)25(16-23)29(2,3)4/h10-11,16-17,21-22H,5-9,12-15,18-19H2,1-4H3,(H,30,32)(H,33,34)/p-1. The highest BCUT2D eigenvalue weighted by Gasteiger charge is 2.25. The molecule has 6 nitrogen and oxygen atoms in total. The first-order valence-corrected chi connectivity index (χ1v) is 14.5. The molecular formula is C29H41N2O4S-. The summed E-state index contributed by atoms with van der Waals surface area (Å²) in [6.07, 6.45) is 8.21. The van der Waals surface area contributed by atoms with Gasteiger partial charge in [-0.05, 0) is 90.3 Å². The Bertz CT molecular complexity index is 1090. The van der Waals surface area contributed by atoms with Crippen LogP contribution in [0.1, 0.15) is 87.3 Å². The molecule has 1 amide bonds. The van der Waals surface area contributed by atoms with Gasteiger partial charge in [0.05, 0.1) is 5.56 Å². The van der Waals surface area contributed by atoms with Crippen molar-refractivity contribution in [2.45, 2.75) is 89.5 Å². The molecule has 0 spiro atoms. The summed E-state index contributed by atoms with van der Waals surface area (Å²) in [6.45, 7) is 11.2. The van der Waals surface area contributed by atoms with Gasteiger partial charge in [-0.15, -0.1) is 0 Å². The Labute approximate surface area is 218 Å². The first kappa shape index (κ1) is 27.1. The summed E-state index contributed by atoms with van der Waals surface area (Å²) in [4.78, 5) is 13.7. The monoisotopic (exact) mass is 513 g/mol. The predicted octanol–water partition coefficient (Wildman–Crippen LogP) is 5.74. The first-order valence-electron chi connectivity index (χ1n) is 13.5. The SMILES string of the molecule is Cc1c(C(=O)NCC2CCOCC2)cc(-c2ccc(S(=O)[O-])c(C(C)(C)C)c2)n1CC1CCCCC1. The van der Waals surface area contributed by atoms with Gasteiger partial charge in [0.2, 0.25) is 0 Å². The highest BCUT2D eigenvalue weighted by atomic mass is 32.2. The molecule has 7 heteroatoms. The molecular weight excluding hydrogens is 472 g/mol. The molecule has 2 fully saturated rings. The number of benzene rings is 1. The Morgan fingerprint density at radius 3 is 2.42 bits per heavy atom. The Kier molecular flexibility index (Phi) is 8.74. The molecule has 0 radical (unpaired) electrons. The maximum atomic E-state index is 13.3. The topological polar surface area (TPSA) is 83.4 Å². The molecule has 1 N–H and O–H groups in total. The van der Waals surface area contributed by atoms with Crippen molar-refractivity contribution < 1.29 is 18.3 Å². The summed E-state index contributed by atoms with van der Waals surface area (Å²) < 4.78 is 31.6. The Morgan fingerprint density at radius 1 is 1.08 bits per heavy atom. The molecule has 1 atom stereocenters. The van der Waals surface area contributed by atoms with Crippen LogP contribution in [-0.4, -0.2) is 39.0 Å². The molecule has 1 aliphatic carbocycles. The maximum Gasteiger partial charge on any atom is 0.253 e. The van der Waals surface area contributed by atoms with E-state index in [1.807, 2.05) is 45.9 Å². The minimum absolute atomic E-state index is 0.0315. The highest BCUT2D eigenvalue weighted by Crippen LogP contribution is 2.35. The fourth-order valence-electron chi connectivity index (χ4n) is 5.68. The molecule has 198 valence electrons. The number of carbonyl (C=O) groups excluding carboxylic acids is 1. The third-order valence-electron chi connectivity index (χ3n) is 7.93. The number of nitrogens with one attached hydrogen (secondary N) is 1. The van der Waals surface area contributed by atoms with Crippen LogP contribution in [0.25, 0.3) is 11.3 Å². The largest absolute Gasteiger partial charge is 0.768 e. The van der Waals surface area contributed by atoms with Crippen molar-refractivity contribution in [3.63, 3.8) is 0 Å². The van der Waals surface area contributed by atoms with E-state index in [1.54, 1.807) is 6.07 Å². The fourth-order valence-corrected chi connectivity index (χ4v) is 6.40. The van der Waals surface area contributed by atoms with Crippen LogP contribution in [0.15, 0.2) is 29.2 Å². The normalized spacial score (nSPS) is 18.8. The lowest BCUT2D eigenvalue weighted by molar-refractivity contribution is 0.0642. The summed E-state index contributed by atoms with van der Waals surface area (Å²) in [5.74, 6) is 1.02. The third-order valence-corrected chi connectivity index (χ3v) is 8.65. The summed E-state index contributed by atoms with van der Waals surface area (Å²) >= 11 is -2.30. The number of carbonyl (C=O) groups is 1. The van der Waals surface area contributed by atoms with Gasteiger partial charge in [0.1, 0.15) is 0 Å². The van der Waals surface area contributed by atoms with Gasteiger partial charge in [0, 0.05) is 42.6 Å². The van der Waals surface area contributed by atoms with Gasteiger partial charge < -0.3 is 19.2 Å². The number of hydrogen-bond donors (Lipinski definition) is 1. The van der Waals surface area contributed by atoms with Crippen LogP contribution in [0.3, 0.4) is 0 Å². The molecule has 1 unspecified atom stereocenters. The Balaban J connectivity index is 1.70. The summed E-state index contributed by atoms with van der Waals surface area (Å²) in [6, 6.07) is 7.60. The van der Waals surface area contributed by atoms with Crippen molar-refractivity contribution in [1.29, 1.82) is 0 Å². The third kappa shape index (κ3) is 6.29. The van der Waals surface area contributed by atoms with Gasteiger partial charge in [-0.3, -0.25) is 9.00 Å². The van der Waals surface area contributed by atoms with E-state index in [0.29, 0.717) is 28.8 Å². The smallest absolute Gasteiger partial charge is 0.253 e. The van der Waals surface area contributed by atoms with Gasteiger partial charge in [0.15, 0.2) is 0 Å². The van der Waals surface area contributed by atoms with Crippen molar-refractivity contribution >= 4 is 17.0 Å². The maximum absolute atomic E-state index is 13.3. The average Bonchev–Trinajstić information content (AvgIpc) is 3.18. The lowest BCUT2D eigenvalue weighted by Crippen LogP contribution is -2.32. The molecule has 2 aromatic rings. The highest BCUT2D eigenvalue weighted by molar-refractivity contribution is 7.79. The van der Waals surface area contributed by atoms with Crippen LogP contribution in [0.4, 0.5) is 0 Å². The number of ether oxygens (including phenoxy) is 1. The van der Waals surface area contributed by atoms with Crippen LogP contribution in [0, 0.1) is 18.8 Å². The van der Waals surface area contributed by atoms with Crippen LogP contribution in [0.2, 0.25) is 0 Å². The van der Waals surface area contributed by atoms with Crippen LogP contribution < -0.4 is 5.32 Å². The second kappa shape index (κ2) is 11.6. The summed E-state index contributed by atoms with van der Waals surface area (Å²) in [7, 11) is 0. The number of amides is 1. The lowest BCUT2D eigenvalue weighted by atomic mass is 9.85. The minimum Gasteiger partial charge on any atom is -0.768 e. The second-order valence-corrected chi connectivity index (χ2v) is 12.5. The first-order chi connectivity index (χ1) is 17.1. The number of aromatic nitrogens is 1. The predicted molar refractivity (Wildman–Crippen MR) is 143 cm³/mol. The van der Waals surface area contributed by atoms with Crippen molar-refractivity contribution in [3.05, 3.63) is 41.1 Å². The Morgan fingerprint density at radius 2 is 1.78 bits per heavy atom. The van der Waals surface area contributed by atoms with Crippen LogP contribution >= 0.6 is 0 Å². The molecule has 1 aromatic heterocycles. The number of hydrogen-bond acceptors (Lipinski definition) is 4. The number of nitrogens with zero attached hydrogens (tertiary/aromatic N) is 1. The quantitative estimate of drug-likeness (QED) is 0.479. The molecule has 4 rings (SSSR count). The van der Waals surface area contributed by atoms with E-state index in [0.717, 1.165) is 55.1 Å². The van der Waals surface area contributed by atoms with E-state index in [4.69, 9.17) is 4.74 Å². The van der Waals surface area contributed by atoms with Crippen molar-refractivity contribution in [2.24, 2.45) is 11.8 Å². The van der Waals surface area contributed by atoms with Crippen molar-refractivity contribution in [2.75, 3.05) is 19.8 Å².